The second kappa shape index (κ2) is 9.36. The lowest BCUT2D eigenvalue weighted by atomic mass is 9.77. The van der Waals surface area contributed by atoms with Gasteiger partial charge in [-0.25, -0.2) is 4.79 Å². The highest BCUT2D eigenvalue weighted by atomic mass is 16.5. The molecule has 1 saturated heterocycles. The molecule has 1 saturated carbocycles. The molecule has 35 heavy (non-hydrogen) atoms. The van der Waals surface area contributed by atoms with Crippen molar-refractivity contribution in [3.63, 3.8) is 0 Å². The molecule has 184 valence electrons. The van der Waals surface area contributed by atoms with Gasteiger partial charge in [-0.15, -0.1) is 0 Å². The molecule has 2 atom stereocenters. The first-order chi connectivity index (χ1) is 16.9. The Hall–Kier alpha value is -3.35. The predicted molar refractivity (Wildman–Crippen MR) is 131 cm³/mol. The van der Waals surface area contributed by atoms with Crippen molar-refractivity contribution >= 4 is 18.0 Å². The third-order valence-corrected chi connectivity index (χ3v) is 8.14. The average Bonchev–Trinajstić information content (AvgIpc) is 3.39. The standard InChI is InChI=1S/C28H32N2O5/c1-2-28(26(32)33)16-30(17-28)25(31)14-18-11-12-19(13-18)29-27(34)35-15-24-22-9-5-3-7-20(22)21-8-4-6-10-23(21)24/h3-10,18-19,24H,2,11-17H2,1H3,(H,29,34)(H,32,33). The van der Waals surface area contributed by atoms with Crippen LogP contribution in [0.1, 0.15) is 56.1 Å². The Balaban J connectivity index is 1.09. The minimum atomic E-state index is -0.822. The predicted octanol–water partition coefficient (Wildman–Crippen LogP) is 4.41. The van der Waals surface area contributed by atoms with Crippen LogP contribution in [0.4, 0.5) is 4.79 Å². The molecule has 5 rings (SSSR count). The van der Waals surface area contributed by atoms with E-state index in [9.17, 15) is 19.5 Å². The van der Waals surface area contributed by atoms with Crippen LogP contribution in [0.15, 0.2) is 48.5 Å². The fraction of sp³-hybridized carbons (Fsp3) is 0.464. The molecule has 2 aliphatic carbocycles. The van der Waals surface area contributed by atoms with E-state index in [0.29, 0.717) is 25.9 Å². The summed E-state index contributed by atoms with van der Waals surface area (Å²) in [5, 5.41) is 12.4. The number of hydrogen-bond acceptors (Lipinski definition) is 4. The third-order valence-electron chi connectivity index (χ3n) is 8.14. The number of rotatable bonds is 7. The zero-order valence-electron chi connectivity index (χ0n) is 20.0. The van der Waals surface area contributed by atoms with Crippen molar-refractivity contribution in [2.45, 2.75) is 51.0 Å². The molecule has 3 aliphatic rings. The first-order valence-electron chi connectivity index (χ1n) is 12.5. The van der Waals surface area contributed by atoms with Gasteiger partial charge in [0.2, 0.25) is 5.91 Å². The number of nitrogens with zero attached hydrogens (tertiary/aromatic N) is 1. The van der Waals surface area contributed by atoms with Gasteiger partial charge in [0.15, 0.2) is 0 Å². The fourth-order valence-corrected chi connectivity index (χ4v) is 5.95. The summed E-state index contributed by atoms with van der Waals surface area (Å²) in [5.41, 5.74) is 3.98. The van der Waals surface area contributed by atoms with E-state index in [0.717, 1.165) is 19.3 Å². The van der Waals surface area contributed by atoms with Gasteiger partial charge in [-0.3, -0.25) is 9.59 Å². The van der Waals surface area contributed by atoms with Crippen LogP contribution >= 0.6 is 0 Å². The van der Waals surface area contributed by atoms with Gasteiger partial charge in [-0.1, -0.05) is 55.5 Å². The quantitative estimate of drug-likeness (QED) is 0.617. The molecule has 2 N–H and O–H groups in total. The van der Waals surface area contributed by atoms with Gasteiger partial charge in [-0.05, 0) is 53.9 Å². The largest absolute Gasteiger partial charge is 0.481 e. The van der Waals surface area contributed by atoms with Crippen LogP contribution in [0.2, 0.25) is 0 Å². The Morgan fingerprint density at radius 3 is 2.26 bits per heavy atom. The van der Waals surface area contributed by atoms with Gasteiger partial charge >= 0.3 is 12.1 Å². The number of likely N-dealkylation sites (tertiary alicyclic amines) is 1. The number of aliphatic carboxylic acids is 1. The number of benzene rings is 2. The summed E-state index contributed by atoms with van der Waals surface area (Å²) in [6.45, 7) is 2.73. The van der Waals surface area contributed by atoms with Crippen LogP contribution in [0.3, 0.4) is 0 Å². The lowest BCUT2D eigenvalue weighted by Gasteiger charge is -2.47. The summed E-state index contributed by atoms with van der Waals surface area (Å²) in [4.78, 5) is 38.3. The van der Waals surface area contributed by atoms with Gasteiger partial charge < -0.3 is 20.1 Å². The zero-order chi connectivity index (χ0) is 24.6. The molecule has 0 bridgehead atoms. The molecule has 2 unspecified atom stereocenters. The second-order valence-corrected chi connectivity index (χ2v) is 10.2. The van der Waals surface area contributed by atoms with Gasteiger partial charge in [-0.2, -0.15) is 0 Å². The first-order valence-corrected chi connectivity index (χ1v) is 12.5. The normalized spacial score (nSPS) is 22.1. The maximum atomic E-state index is 12.6. The number of carbonyl (C=O) groups is 3. The fourth-order valence-electron chi connectivity index (χ4n) is 5.95. The second-order valence-electron chi connectivity index (χ2n) is 10.2. The minimum absolute atomic E-state index is 0.00593. The monoisotopic (exact) mass is 476 g/mol. The number of amides is 2. The summed E-state index contributed by atoms with van der Waals surface area (Å²) in [6, 6.07) is 16.5. The lowest BCUT2D eigenvalue weighted by molar-refractivity contribution is -0.166. The topological polar surface area (TPSA) is 95.9 Å². The van der Waals surface area contributed by atoms with Crippen LogP contribution in [0.5, 0.6) is 0 Å². The van der Waals surface area contributed by atoms with Crippen LogP contribution in [-0.4, -0.2) is 53.7 Å². The molecule has 7 nitrogen and oxygen atoms in total. The molecule has 7 heteroatoms. The molecule has 0 radical (unpaired) electrons. The number of fused-ring (bicyclic) bond motifs is 3. The van der Waals surface area contributed by atoms with Crippen LogP contribution in [0, 0.1) is 11.3 Å². The molecule has 1 aliphatic heterocycles. The highest BCUT2D eigenvalue weighted by Gasteiger charge is 2.50. The number of hydrogen-bond donors (Lipinski definition) is 2. The lowest BCUT2D eigenvalue weighted by Crippen LogP contribution is -2.62. The van der Waals surface area contributed by atoms with Crippen molar-refractivity contribution in [1.29, 1.82) is 0 Å². The van der Waals surface area contributed by atoms with E-state index in [-0.39, 0.29) is 30.4 Å². The molecule has 0 aromatic heterocycles. The van der Waals surface area contributed by atoms with Crippen molar-refractivity contribution in [3.05, 3.63) is 59.7 Å². The Kier molecular flexibility index (Phi) is 6.26. The molecule has 2 amide bonds. The van der Waals surface area contributed by atoms with E-state index in [2.05, 4.69) is 29.6 Å². The number of ether oxygens (including phenoxy) is 1. The Morgan fingerprint density at radius 1 is 1.03 bits per heavy atom. The van der Waals surface area contributed by atoms with Crippen molar-refractivity contribution in [1.82, 2.24) is 10.2 Å². The highest BCUT2D eigenvalue weighted by Crippen LogP contribution is 2.44. The zero-order valence-corrected chi connectivity index (χ0v) is 20.0. The van der Waals surface area contributed by atoms with Crippen molar-refractivity contribution < 1.29 is 24.2 Å². The summed E-state index contributed by atoms with van der Waals surface area (Å²) in [6.07, 6.45) is 2.94. The van der Waals surface area contributed by atoms with Gasteiger partial charge in [0.25, 0.3) is 0 Å². The number of alkyl carbamates (subject to hydrolysis) is 1. The smallest absolute Gasteiger partial charge is 0.407 e. The highest BCUT2D eigenvalue weighted by molar-refractivity contribution is 5.83. The number of carboxylic acids is 1. The number of carbonyl (C=O) groups excluding carboxylic acids is 2. The van der Waals surface area contributed by atoms with E-state index < -0.39 is 17.5 Å². The van der Waals surface area contributed by atoms with E-state index in [4.69, 9.17) is 4.74 Å². The van der Waals surface area contributed by atoms with E-state index in [1.54, 1.807) is 4.90 Å². The Labute approximate surface area is 205 Å². The Morgan fingerprint density at radius 2 is 1.66 bits per heavy atom. The molecule has 0 spiro atoms. The van der Waals surface area contributed by atoms with Gasteiger partial charge in [0.1, 0.15) is 12.0 Å². The maximum Gasteiger partial charge on any atom is 0.407 e. The van der Waals surface area contributed by atoms with E-state index >= 15 is 0 Å². The van der Waals surface area contributed by atoms with Crippen molar-refractivity contribution in [3.8, 4) is 11.1 Å². The molecular formula is C28H32N2O5. The summed E-state index contributed by atoms with van der Waals surface area (Å²) in [5.74, 6) is -0.582. The van der Waals surface area contributed by atoms with Gasteiger partial charge in [0, 0.05) is 31.5 Å². The summed E-state index contributed by atoms with van der Waals surface area (Å²) >= 11 is 0. The van der Waals surface area contributed by atoms with Crippen LogP contribution in [-0.2, 0) is 14.3 Å². The minimum Gasteiger partial charge on any atom is -0.481 e. The Bertz CT molecular complexity index is 1090. The summed E-state index contributed by atoms with van der Waals surface area (Å²) in [7, 11) is 0. The number of carboxylic acid groups (broad SMARTS) is 1. The first kappa shape index (κ1) is 23.4. The van der Waals surface area contributed by atoms with E-state index in [1.165, 1.54) is 22.3 Å². The molecular weight excluding hydrogens is 444 g/mol. The molecule has 1 heterocycles. The SMILES string of the molecule is CCC1(C(=O)O)CN(C(=O)CC2CCC(NC(=O)OCC3c4ccccc4-c4ccccc43)C2)C1. The van der Waals surface area contributed by atoms with Crippen LogP contribution in [0.25, 0.3) is 11.1 Å². The third kappa shape index (κ3) is 4.40. The summed E-state index contributed by atoms with van der Waals surface area (Å²) < 4.78 is 5.66. The maximum absolute atomic E-state index is 12.6. The van der Waals surface area contributed by atoms with Gasteiger partial charge in [0.05, 0.1) is 0 Å². The molecule has 2 fully saturated rings. The number of nitrogens with one attached hydrogen (secondary N) is 1. The van der Waals surface area contributed by atoms with Crippen molar-refractivity contribution in [2.24, 2.45) is 11.3 Å². The molecule has 2 aromatic rings. The van der Waals surface area contributed by atoms with Crippen LogP contribution < -0.4 is 5.32 Å². The van der Waals surface area contributed by atoms with Crippen molar-refractivity contribution in [2.75, 3.05) is 19.7 Å². The average molecular weight is 477 g/mol. The van der Waals surface area contributed by atoms with E-state index in [1.807, 2.05) is 31.2 Å². The molecule has 2 aromatic carbocycles.